The summed E-state index contributed by atoms with van der Waals surface area (Å²) in [6, 6.07) is 2.81. The highest BCUT2D eigenvalue weighted by Gasteiger charge is 2.03. The SMILES string of the molecule is CC.CC.COC.O=CCc1ccc(OC(F)F)cn1. The predicted octanol–water partition coefficient (Wildman–Crippen LogP) is 3.74. The van der Waals surface area contributed by atoms with Crippen LogP contribution in [0.25, 0.3) is 0 Å². The lowest BCUT2D eigenvalue weighted by atomic mass is 10.3. The number of rotatable bonds is 4. The van der Waals surface area contributed by atoms with Gasteiger partial charge < -0.3 is 14.3 Å². The van der Waals surface area contributed by atoms with Gasteiger partial charge in [-0.15, -0.1) is 0 Å². The molecule has 0 aliphatic heterocycles. The van der Waals surface area contributed by atoms with Gasteiger partial charge in [-0.05, 0) is 12.1 Å². The standard InChI is InChI=1S/C8H7F2NO2.C2H6O.2C2H6/c9-8(10)13-7-2-1-6(3-4-12)11-5-7;1-3-2;2*1-2/h1-2,4-5,8H,3H2;1-2H3;2*1-2H3. The van der Waals surface area contributed by atoms with Crippen LogP contribution in [0.1, 0.15) is 33.4 Å². The minimum atomic E-state index is -2.85. The summed E-state index contributed by atoms with van der Waals surface area (Å²) in [5.74, 6) is -0.00958. The summed E-state index contributed by atoms with van der Waals surface area (Å²) in [5.41, 5.74) is 0.525. The van der Waals surface area contributed by atoms with Crippen LogP contribution in [-0.2, 0) is 16.0 Å². The molecule has 0 amide bonds. The van der Waals surface area contributed by atoms with Crippen molar-refractivity contribution in [3.63, 3.8) is 0 Å². The number of ether oxygens (including phenoxy) is 2. The molecule has 0 aliphatic rings. The molecule has 1 aromatic heterocycles. The maximum atomic E-state index is 11.7. The van der Waals surface area contributed by atoms with Crippen molar-refractivity contribution in [1.82, 2.24) is 4.98 Å². The molecule has 0 atom stereocenters. The van der Waals surface area contributed by atoms with E-state index in [1.165, 1.54) is 12.1 Å². The molecule has 0 radical (unpaired) electrons. The van der Waals surface area contributed by atoms with E-state index in [0.717, 1.165) is 6.20 Å². The second kappa shape index (κ2) is 19.8. The van der Waals surface area contributed by atoms with E-state index in [1.54, 1.807) is 14.2 Å². The van der Waals surface area contributed by atoms with Gasteiger partial charge in [0.05, 0.1) is 6.20 Å². The van der Waals surface area contributed by atoms with Gasteiger partial charge in [0.15, 0.2) is 0 Å². The summed E-state index contributed by atoms with van der Waals surface area (Å²) >= 11 is 0. The molecule has 1 rings (SSSR count). The summed E-state index contributed by atoms with van der Waals surface area (Å²) in [5, 5.41) is 0. The van der Waals surface area contributed by atoms with Crippen LogP contribution in [-0.4, -0.2) is 32.1 Å². The number of pyridine rings is 1. The van der Waals surface area contributed by atoms with Crippen molar-refractivity contribution < 1.29 is 23.0 Å². The van der Waals surface area contributed by atoms with Crippen molar-refractivity contribution in [2.24, 2.45) is 0 Å². The first-order chi connectivity index (χ1) is 9.63. The molecule has 0 aromatic carbocycles. The van der Waals surface area contributed by atoms with Crippen LogP contribution in [0.4, 0.5) is 8.78 Å². The zero-order valence-corrected chi connectivity index (χ0v) is 13.0. The minimum absolute atomic E-state index is 0.00958. The van der Waals surface area contributed by atoms with E-state index in [-0.39, 0.29) is 12.2 Å². The second-order valence-electron chi connectivity index (χ2n) is 2.64. The summed E-state index contributed by atoms with van der Waals surface area (Å²) in [4.78, 5) is 13.8. The Morgan fingerprint density at radius 1 is 1.20 bits per heavy atom. The van der Waals surface area contributed by atoms with Gasteiger partial charge >= 0.3 is 6.61 Å². The van der Waals surface area contributed by atoms with Crippen LogP contribution >= 0.6 is 0 Å². The fraction of sp³-hybridized carbons (Fsp3) is 0.571. The molecule has 0 bridgehead atoms. The third-order valence-electron chi connectivity index (χ3n) is 1.32. The maximum absolute atomic E-state index is 11.7. The number of carbonyl (C=O) groups is 1. The fourth-order valence-corrected chi connectivity index (χ4v) is 0.790. The number of halogens is 2. The van der Waals surface area contributed by atoms with E-state index in [0.29, 0.717) is 12.0 Å². The molecule has 118 valence electrons. The van der Waals surface area contributed by atoms with E-state index in [1.807, 2.05) is 27.7 Å². The third kappa shape index (κ3) is 16.4. The lowest BCUT2D eigenvalue weighted by Gasteiger charge is -2.03. The van der Waals surface area contributed by atoms with Gasteiger partial charge in [-0.1, -0.05) is 27.7 Å². The molecule has 0 unspecified atom stereocenters. The van der Waals surface area contributed by atoms with E-state index in [9.17, 15) is 13.6 Å². The first-order valence-electron chi connectivity index (χ1n) is 6.37. The molecular formula is C14H25F2NO3. The van der Waals surface area contributed by atoms with E-state index in [4.69, 9.17) is 0 Å². The fourth-order valence-electron chi connectivity index (χ4n) is 0.790. The summed E-state index contributed by atoms with van der Waals surface area (Å²) in [7, 11) is 3.25. The first kappa shape index (κ1) is 23.5. The molecule has 0 saturated carbocycles. The van der Waals surface area contributed by atoms with E-state index < -0.39 is 6.61 Å². The van der Waals surface area contributed by atoms with Gasteiger partial charge in [-0.25, -0.2) is 0 Å². The molecule has 20 heavy (non-hydrogen) atoms. The average Bonchev–Trinajstić information content (AvgIpc) is 2.46. The zero-order valence-electron chi connectivity index (χ0n) is 13.0. The molecule has 0 aliphatic carbocycles. The van der Waals surface area contributed by atoms with Gasteiger partial charge in [0.2, 0.25) is 0 Å². The Morgan fingerprint density at radius 3 is 2.00 bits per heavy atom. The van der Waals surface area contributed by atoms with Crippen molar-refractivity contribution in [2.75, 3.05) is 14.2 Å². The molecule has 0 saturated heterocycles. The number of hydrogen-bond donors (Lipinski definition) is 0. The van der Waals surface area contributed by atoms with Gasteiger partial charge in [-0.3, -0.25) is 4.98 Å². The molecule has 0 spiro atoms. The van der Waals surface area contributed by atoms with E-state index in [2.05, 4.69) is 14.5 Å². The van der Waals surface area contributed by atoms with Gasteiger partial charge in [0.25, 0.3) is 0 Å². The second-order valence-corrected chi connectivity index (χ2v) is 2.64. The Hall–Kier alpha value is -1.56. The number of aromatic nitrogens is 1. The highest BCUT2D eigenvalue weighted by Crippen LogP contribution is 2.12. The summed E-state index contributed by atoms with van der Waals surface area (Å²) < 4.78 is 31.6. The average molecular weight is 293 g/mol. The van der Waals surface area contributed by atoms with Crippen molar-refractivity contribution in [1.29, 1.82) is 0 Å². The lowest BCUT2D eigenvalue weighted by molar-refractivity contribution is -0.107. The van der Waals surface area contributed by atoms with E-state index >= 15 is 0 Å². The quantitative estimate of drug-likeness (QED) is 0.793. The maximum Gasteiger partial charge on any atom is 0.387 e. The first-order valence-corrected chi connectivity index (χ1v) is 6.37. The summed E-state index contributed by atoms with van der Waals surface area (Å²) in [6.45, 7) is 5.15. The van der Waals surface area contributed by atoms with Gasteiger partial charge in [0, 0.05) is 26.3 Å². The highest BCUT2D eigenvalue weighted by atomic mass is 19.3. The number of alkyl halides is 2. The smallest absolute Gasteiger partial charge is 0.387 e. The molecule has 1 heterocycles. The normalized spacial score (nSPS) is 8.05. The Kier molecular flexibility index (Phi) is 23.3. The van der Waals surface area contributed by atoms with Crippen LogP contribution in [0, 0.1) is 0 Å². The van der Waals surface area contributed by atoms with Gasteiger partial charge in [0.1, 0.15) is 12.0 Å². The van der Waals surface area contributed by atoms with Crippen molar-refractivity contribution >= 4 is 6.29 Å². The van der Waals surface area contributed by atoms with Crippen LogP contribution < -0.4 is 4.74 Å². The summed E-state index contributed by atoms with van der Waals surface area (Å²) in [6.07, 6.45) is 2.02. The Balaban J connectivity index is -0.000000355. The number of nitrogens with zero attached hydrogens (tertiary/aromatic N) is 1. The van der Waals surface area contributed by atoms with Crippen LogP contribution in [0.5, 0.6) is 5.75 Å². The molecule has 4 nitrogen and oxygen atoms in total. The van der Waals surface area contributed by atoms with Crippen molar-refractivity contribution in [2.45, 2.75) is 40.7 Å². The topological polar surface area (TPSA) is 48.4 Å². The molecule has 6 heteroatoms. The number of methoxy groups -OCH3 is 1. The number of aldehydes is 1. The van der Waals surface area contributed by atoms with Crippen molar-refractivity contribution in [3.05, 3.63) is 24.0 Å². The van der Waals surface area contributed by atoms with Crippen LogP contribution in [0.2, 0.25) is 0 Å². The largest absolute Gasteiger partial charge is 0.433 e. The molecule has 1 aromatic rings. The van der Waals surface area contributed by atoms with Crippen LogP contribution in [0.3, 0.4) is 0 Å². The lowest BCUT2D eigenvalue weighted by Crippen LogP contribution is -2.02. The Labute approximate surface area is 120 Å². The zero-order chi connectivity index (χ0) is 16.4. The predicted molar refractivity (Wildman–Crippen MR) is 76.3 cm³/mol. The third-order valence-corrected chi connectivity index (χ3v) is 1.32. The number of carbonyl (C=O) groups excluding carboxylic acids is 1. The van der Waals surface area contributed by atoms with Crippen LogP contribution in [0.15, 0.2) is 18.3 Å². The molecule has 0 fully saturated rings. The highest BCUT2D eigenvalue weighted by molar-refractivity contribution is 5.53. The number of hydrogen-bond acceptors (Lipinski definition) is 4. The molecular weight excluding hydrogens is 268 g/mol. The Bertz CT molecular complexity index is 293. The Morgan fingerprint density at radius 2 is 1.70 bits per heavy atom. The minimum Gasteiger partial charge on any atom is -0.433 e. The van der Waals surface area contributed by atoms with Gasteiger partial charge in [-0.2, -0.15) is 8.78 Å². The van der Waals surface area contributed by atoms with Crippen molar-refractivity contribution in [3.8, 4) is 5.75 Å². The monoisotopic (exact) mass is 293 g/mol. The molecule has 0 N–H and O–H groups in total.